The van der Waals surface area contributed by atoms with Crippen LogP contribution in [0, 0.1) is 34.5 Å². The van der Waals surface area contributed by atoms with Crippen molar-refractivity contribution < 1.29 is 14.6 Å². The van der Waals surface area contributed by atoms with Gasteiger partial charge in [0.15, 0.2) is 0 Å². The fourth-order valence-corrected chi connectivity index (χ4v) is 8.60. The molecule has 5 aliphatic rings. The second-order valence-corrected chi connectivity index (χ2v) is 11.1. The van der Waals surface area contributed by atoms with Crippen LogP contribution in [0.15, 0.2) is 11.6 Å². The number of allylic oxidation sites excluding steroid dienone is 1. The van der Waals surface area contributed by atoms with Crippen molar-refractivity contribution in [2.75, 3.05) is 0 Å². The van der Waals surface area contributed by atoms with Crippen LogP contribution in [0.2, 0.25) is 0 Å². The standard InChI is InChI=1S/C24H36O3/c1-22-11-8-16(25)14-15(22)4-5-17-18-6-7-20(23(18,2)12-9-19(17)22)24(3)13-10-21(26)27-24/h4,16-20,25H,5-14H2,1-3H3/t16-,17-,18-,19-,20-,22+,23+,24-/m1/s1. The van der Waals surface area contributed by atoms with Gasteiger partial charge >= 0.3 is 5.97 Å². The average Bonchev–Trinajstić information content (AvgIpc) is 3.15. The summed E-state index contributed by atoms with van der Waals surface area (Å²) in [6.07, 6.45) is 13.2. The fraction of sp³-hybridized carbons (Fsp3) is 0.875. The molecule has 3 nitrogen and oxygen atoms in total. The molecule has 0 aromatic carbocycles. The first-order chi connectivity index (χ1) is 12.8. The summed E-state index contributed by atoms with van der Waals surface area (Å²) in [5.41, 5.74) is 1.95. The Bertz CT molecular complexity index is 683. The summed E-state index contributed by atoms with van der Waals surface area (Å²) in [4.78, 5) is 11.9. The van der Waals surface area contributed by atoms with Crippen LogP contribution < -0.4 is 0 Å². The summed E-state index contributed by atoms with van der Waals surface area (Å²) >= 11 is 0. The lowest BCUT2D eigenvalue weighted by molar-refractivity contribution is -0.158. The molecule has 0 radical (unpaired) electrons. The van der Waals surface area contributed by atoms with E-state index in [4.69, 9.17) is 4.74 Å². The number of fused-ring (bicyclic) bond motifs is 5. The number of aliphatic hydroxyl groups is 1. The van der Waals surface area contributed by atoms with Crippen LogP contribution in [-0.2, 0) is 9.53 Å². The highest BCUT2D eigenvalue weighted by atomic mass is 16.6. The molecule has 0 unspecified atom stereocenters. The van der Waals surface area contributed by atoms with Crippen LogP contribution in [0.5, 0.6) is 0 Å². The minimum atomic E-state index is -0.234. The lowest BCUT2D eigenvalue weighted by Gasteiger charge is -2.58. The quantitative estimate of drug-likeness (QED) is 0.519. The van der Waals surface area contributed by atoms with Crippen LogP contribution in [-0.4, -0.2) is 22.8 Å². The second-order valence-electron chi connectivity index (χ2n) is 11.1. The zero-order chi connectivity index (χ0) is 19.0. The van der Waals surface area contributed by atoms with E-state index in [-0.39, 0.29) is 17.7 Å². The molecular weight excluding hydrogens is 336 g/mol. The van der Waals surface area contributed by atoms with Gasteiger partial charge in [-0.25, -0.2) is 0 Å². The van der Waals surface area contributed by atoms with E-state index >= 15 is 0 Å². The predicted octanol–water partition coefficient (Wildman–Crippen LogP) is 5.02. The summed E-state index contributed by atoms with van der Waals surface area (Å²) in [6.45, 7) is 7.23. The van der Waals surface area contributed by atoms with E-state index in [9.17, 15) is 9.90 Å². The van der Waals surface area contributed by atoms with E-state index < -0.39 is 0 Å². The molecule has 0 bridgehead atoms. The van der Waals surface area contributed by atoms with E-state index in [0.717, 1.165) is 43.4 Å². The van der Waals surface area contributed by atoms with E-state index in [1.807, 2.05) is 0 Å². The zero-order valence-corrected chi connectivity index (χ0v) is 17.3. The van der Waals surface area contributed by atoms with Crippen molar-refractivity contribution in [3.63, 3.8) is 0 Å². The highest BCUT2D eigenvalue weighted by Gasteiger charge is 2.62. The Morgan fingerprint density at radius 1 is 1.04 bits per heavy atom. The van der Waals surface area contributed by atoms with Gasteiger partial charge in [-0.15, -0.1) is 0 Å². The minimum absolute atomic E-state index is 0.0109. The number of hydrogen-bond acceptors (Lipinski definition) is 3. The maximum absolute atomic E-state index is 11.9. The molecule has 0 aromatic heterocycles. The Morgan fingerprint density at radius 2 is 1.85 bits per heavy atom. The highest BCUT2D eigenvalue weighted by Crippen LogP contribution is 2.68. The molecular formula is C24H36O3. The third-order valence-electron chi connectivity index (χ3n) is 9.99. The summed E-state index contributed by atoms with van der Waals surface area (Å²) in [5.74, 6) is 2.85. The van der Waals surface area contributed by atoms with Gasteiger partial charge in [0, 0.05) is 12.3 Å². The molecule has 8 atom stereocenters. The Balaban J connectivity index is 1.44. The second kappa shape index (κ2) is 5.84. The van der Waals surface area contributed by atoms with Crippen LogP contribution >= 0.6 is 0 Å². The molecule has 0 aromatic rings. The molecule has 4 aliphatic carbocycles. The number of rotatable bonds is 1. The van der Waals surface area contributed by atoms with Gasteiger partial charge in [-0.3, -0.25) is 4.79 Å². The first-order valence-corrected chi connectivity index (χ1v) is 11.4. The maximum Gasteiger partial charge on any atom is 0.306 e. The van der Waals surface area contributed by atoms with Crippen molar-refractivity contribution in [1.82, 2.24) is 0 Å². The van der Waals surface area contributed by atoms with Crippen LogP contribution in [0.25, 0.3) is 0 Å². The van der Waals surface area contributed by atoms with Crippen molar-refractivity contribution in [2.24, 2.45) is 34.5 Å². The molecule has 1 heterocycles. The third kappa shape index (κ3) is 2.46. The lowest BCUT2D eigenvalue weighted by Crippen LogP contribution is -2.53. The van der Waals surface area contributed by atoms with Crippen molar-refractivity contribution in [2.45, 2.75) is 96.7 Å². The van der Waals surface area contributed by atoms with Crippen molar-refractivity contribution in [3.8, 4) is 0 Å². The Morgan fingerprint density at radius 3 is 2.59 bits per heavy atom. The first-order valence-electron chi connectivity index (χ1n) is 11.4. The van der Waals surface area contributed by atoms with E-state index in [0.29, 0.717) is 23.2 Å². The van der Waals surface area contributed by atoms with Gasteiger partial charge in [-0.2, -0.15) is 0 Å². The number of hydrogen-bond donors (Lipinski definition) is 1. The highest BCUT2D eigenvalue weighted by molar-refractivity contribution is 5.72. The van der Waals surface area contributed by atoms with Gasteiger partial charge in [0.1, 0.15) is 5.60 Å². The monoisotopic (exact) mass is 372 g/mol. The molecule has 0 spiro atoms. The van der Waals surface area contributed by atoms with Gasteiger partial charge in [0.05, 0.1) is 6.10 Å². The lowest BCUT2D eigenvalue weighted by atomic mass is 9.46. The van der Waals surface area contributed by atoms with Crippen molar-refractivity contribution >= 4 is 5.97 Å². The maximum atomic E-state index is 11.9. The van der Waals surface area contributed by atoms with Gasteiger partial charge in [0.2, 0.25) is 0 Å². The number of carbonyl (C=O) groups excluding carboxylic acids is 1. The molecule has 0 amide bonds. The zero-order valence-electron chi connectivity index (χ0n) is 17.3. The molecule has 1 aliphatic heterocycles. The molecule has 150 valence electrons. The summed E-state index contributed by atoms with van der Waals surface area (Å²) in [6, 6.07) is 0. The number of esters is 1. The Labute approximate surface area is 163 Å². The molecule has 1 N–H and O–H groups in total. The fourth-order valence-electron chi connectivity index (χ4n) is 8.60. The Kier molecular flexibility index (Phi) is 3.94. The minimum Gasteiger partial charge on any atom is -0.459 e. The van der Waals surface area contributed by atoms with Gasteiger partial charge < -0.3 is 9.84 Å². The van der Waals surface area contributed by atoms with Crippen LogP contribution in [0.1, 0.15) is 85.0 Å². The van der Waals surface area contributed by atoms with E-state index in [1.54, 1.807) is 5.57 Å². The summed E-state index contributed by atoms with van der Waals surface area (Å²) in [7, 11) is 0. The number of cyclic esters (lactones) is 1. The molecule has 27 heavy (non-hydrogen) atoms. The van der Waals surface area contributed by atoms with E-state index in [2.05, 4.69) is 26.8 Å². The van der Waals surface area contributed by atoms with Gasteiger partial charge in [-0.05, 0) is 93.3 Å². The number of aliphatic hydroxyl groups excluding tert-OH is 1. The molecule has 5 rings (SSSR count). The van der Waals surface area contributed by atoms with Crippen molar-refractivity contribution in [1.29, 1.82) is 0 Å². The van der Waals surface area contributed by atoms with Gasteiger partial charge in [-0.1, -0.05) is 25.5 Å². The smallest absolute Gasteiger partial charge is 0.306 e. The van der Waals surface area contributed by atoms with Crippen LogP contribution in [0.3, 0.4) is 0 Å². The normalized spacial score (nSPS) is 54.6. The topological polar surface area (TPSA) is 46.5 Å². The predicted molar refractivity (Wildman–Crippen MR) is 105 cm³/mol. The third-order valence-corrected chi connectivity index (χ3v) is 9.99. The average molecular weight is 373 g/mol. The molecule has 3 heteroatoms. The molecule has 4 fully saturated rings. The summed E-state index contributed by atoms with van der Waals surface area (Å²) < 4.78 is 5.92. The Hall–Kier alpha value is -0.830. The van der Waals surface area contributed by atoms with E-state index in [1.165, 1.54) is 32.1 Å². The number of carbonyl (C=O) groups is 1. The van der Waals surface area contributed by atoms with Crippen molar-refractivity contribution in [3.05, 3.63) is 11.6 Å². The molecule has 1 saturated heterocycles. The summed E-state index contributed by atoms with van der Waals surface area (Å²) in [5, 5.41) is 10.2. The van der Waals surface area contributed by atoms with Crippen LogP contribution in [0.4, 0.5) is 0 Å². The largest absolute Gasteiger partial charge is 0.459 e. The SMILES string of the molecule is C[C@]12CC[C@@H]3[C@H](CC=C4C[C@H](O)CC[C@@]43C)[C@H]1CC[C@H]2[C@@]1(C)CCC(=O)O1. The van der Waals surface area contributed by atoms with Gasteiger partial charge in [0.25, 0.3) is 0 Å². The number of ether oxygens (including phenoxy) is 1. The molecule has 3 saturated carbocycles. The first kappa shape index (κ1) is 18.2.